The monoisotopic (exact) mass is 361 g/mol. The van der Waals surface area contributed by atoms with Gasteiger partial charge in [0, 0.05) is 25.0 Å². The Morgan fingerprint density at radius 3 is 2.62 bits per heavy atom. The number of nitrogens with one attached hydrogen (secondary N) is 1. The summed E-state index contributed by atoms with van der Waals surface area (Å²) in [4.78, 5) is 17.3. The Morgan fingerprint density at radius 2 is 1.88 bits per heavy atom. The first-order valence-corrected chi connectivity index (χ1v) is 10.1. The molecule has 2 saturated heterocycles. The SMILES string of the molecule is CN1CCC(N2CCC[C@@H](NC(=O)CCCc3ccc(F)cc3)C2)CC1. The van der Waals surface area contributed by atoms with Crippen molar-refractivity contribution in [1.29, 1.82) is 0 Å². The van der Waals surface area contributed by atoms with Gasteiger partial charge in [0.1, 0.15) is 5.82 Å². The van der Waals surface area contributed by atoms with Crippen molar-refractivity contribution >= 4 is 5.91 Å². The van der Waals surface area contributed by atoms with Crippen LogP contribution in [0.1, 0.15) is 44.1 Å². The molecule has 5 heteroatoms. The number of piperidine rings is 2. The summed E-state index contributed by atoms with van der Waals surface area (Å²) in [7, 11) is 2.20. The second kappa shape index (κ2) is 9.47. The number of amides is 1. The molecule has 1 atom stereocenters. The number of likely N-dealkylation sites (tertiary alicyclic amines) is 2. The van der Waals surface area contributed by atoms with Gasteiger partial charge in [-0.05, 0) is 82.9 Å². The number of hydrogen-bond donors (Lipinski definition) is 1. The molecule has 0 aliphatic carbocycles. The van der Waals surface area contributed by atoms with Gasteiger partial charge < -0.3 is 10.2 Å². The quantitative estimate of drug-likeness (QED) is 0.846. The van der Waals surface area contributed by atoms with Gasteiger partial charge in [0.05, 0.1) is 0 Å². The molecule has 0 bridgehead atoms. The van der Waals surface area contributed by atoms with Gasteiger partial charge in [-0.2, -0.15) is 0 Å². The molecule has 0 aromatic heterocycles. The van der Waals surface area contributed by atoms with Crippen LogP contribution < -0.4 is 5.32 Å². The minimum absolute atomic E-state index is 0.155. The van der Waals surface area contributed by atoms with Gasteiger partial charge in [-0.25, -0.2) is 4.39 Å². The van der Waals surface area contributed by atoms with Gasteiger partial charge in [0.2, 0.25) is 5.91 Å². The van der Waals surface area contributed by atoms with E-state index in [1.54, 1.807) is 12.1 Å². The zero-order chi connectivity index (χ0) is 18.4. The summed E-state index contributed by atoms with van der Waals surface area (Å²) in [6.07, 6.45) is 6.93. The molecule has 26 heavy (non-hydrogen) atoms. The second-order valence-electron chi connectivity index (χ2n) is 7.92. The van der Waals surface area contributed by atoms with E-state index in [2.05, 4.69) is 22.2 Å². The predicted octanol–water partition coefficient (Wildman–Crippen LogP) is 2.82. The van der Waals surface area contributed by atoms with Crippen LogP contribution in [0.3, 0.4) is 0 Å². The third kappa shape index (κ3) is 5.78. The van der Waals surface area contributed by atoms with Crippen molar-refractivity contribution < 1.29 is 9.18 Å². The van der Waals surface area contributed by atoms with Crippen LogP contribution in [0.5, 0.6) is 0 Å². The van der Waals surface area contributed by atoms with Gasteiger partial charge in [0.25, 0.3) is 0 Å². The highest BCUT2D eigenvalue weighted by atomic mass is 19.1. The number of hydrogen-bond acceptors (Lipinski definition) is 3. The largest absolute Gasteiger partial charge is 0.352 e. The number of nitrogens with zero attached hydrogens (tertiary/aromatic N) is 2. The molecule has 0 saturated carbocycles. The van der Waals surface area contributed by atoms with Crippen molar-refractivity contribution in [2.75, 3.05) is 33.2 Å². The lowest BCUT2D eigenvalue weighted by Crippen LogP contribution is -2.53. The number of benzene rings is 1. The summed E-state index contributed by atoms with van der Waals surface area (Å²) in [6.45, 7) is 4.53. The van der Waals surface area contributed by atoms with Crippen LogP contribution in [-0.2, 0) is 11.2 Å². The van der Waals surface area contributed by atoms with Crippen molar-refractivity contribution in [1.82, 2.24) is 15.1 Å². The third-order valence-corrected chi connectivity index (χ3v) is 5.80. The van der Waals surface area contributed by atoms with Crippen molar-refractivity contribution in [2.45, 2.75) is 57.0 Å². The summed E-state index contributed by atoms with van der Waals surface area (Å²) in [5.74, 6) is -0.0553. The van der Waals surface area contributed by atoms with Crippen LogP contribution in [0.15, 0.2) is 24.3 Å². The Morgan fingerprint density at radius 1 is 1.15 bits per heavy atom. The Labute approximate surface area is 156 Å². The van der Waals surface area contributed by atoms with E-state index < -0.39 is 0 Å². The summed E-state index contributed by atoms with van der Waals surface area (Å²) in [6, 6.07) is 7.54. The molecule has 1 aromatic rings. The second-order valence-corrected chi connectivity index (χ2v) is 7.92. The lowest BCUT2D eigenvalue weighted by molar-refractivity contribution is -0.122. The minimum atomic E-state index is -0.210. The van der Waals surface area contributed by atoms with Crippen LogP contribution in [0.2, 0.25) is 0 Å². The van der Waals surface area contributed by atoms with Crippen molar-refractivity contribution in [3.05, 3.63) is 35.6 Å². The molecule has 1 amide bonds. The highest BCUT2D eigenvalue weighted by Gasteiger charge is 2.28. The first-order valence-electron chi connectivity index (χ1n) is 10.1. The topological polar surface area (TPSA) is 35.6 Å². The Bertz CT molecular complexity index is 569. The highest BCUT2D eigenvalue weighted by Crippen LogP contribution is 2.20. The fourth-order valence-corrected chi connectivity index (χ4v) is 4.22. The Balaban J connectivity index is 1.37. The van der Waals surface area contributed by atoms with E-state index in [0.717, 1.165) is 31.4 Å². The van der Waals surface area contributed by atoms with Crippen LogP contribution in [0.4, 0.5) is 4.39 Å². The van der Waals surface area contributed by atoms with Crippen LogP contribution in [0.25, 0.3) is 0 Å². The lowest BCUT2D eigenvalue weighted by Gasteiger charge is -2.41. The number of aryl methyl sites for hydroxylation is 1. The summed E-state index contributed by atoms with van der Waals surface area (Å²) in [5, 5.41) is 3.24. The predicted molar refractivity (Wildman–Crippen MR) is 103 cm³/mol. The minimum Gasteiger partial charge on any atom is -0.352 e. The van der Waals surface area contributed by atoms with Crippen LogP contribution in [0, 0.1) is 5.82 Å². The number of halogens is 1. The van der Waals surface area contributed by atoms with E-state index >= 15 is 0 Å². The Hall–Kier alpha value is -1.46. The molecule has 1 aromatic carbocycles. The van der Waals surface area contributed by atoms with E-state index in [9.17, 15) is 9.18 Å². The number of carbonyl (C=O) groups excluding carboxylic acids is 1. The van der Waals surface area contributed by atoms with Gasteiger partial charge in [-0.15, -0.1) is 0 Å². The van der Waals surface area contributed by atoms with Gasteiger partial charge in [0.15, 0.2) is 0 Å². The summed E-state index contributed by atoms with van der Waals surface area (Å²) < 4.78 is 12.9. The summed E-state index contributed by atoms with van der Waals surface area (Å²) in [5.41, 5.74) is 1.09. The van der Waals surface area contributed by atoms with E-state index in [4.69, 9.17) is 0 Å². The molecule has 0 unspecified atom stereocenters. The average molecular weight is 362 g/mol. The molecular formula is C21H32FN3O. The first kappa shape index (κ1) is 19.3. The van der Waals surface area contributed by atoms with E-state index in [1.165, 1.54) is 51.0 Å². The zero-order valence-electron chi connectivity index (χ0n) is 15.9. The van der Waals surface area contributed by atoms with Crippen molar-refractivity contribution in [3.63, 3.8) is 0 Å². The third-order valence-electron chi connectivity index (χ3n) is 5.80. The van der Waals surface area contributed by atoms with Gasteiger partial charge in [-0.1, -0.05) is 12.1 Å². The number of carbonyl (C=O) groups is 1. The van der Waals surface area contributed by atoms with Gasteiger partial charge in [-0.3, -0.25) is 9.69 Å². The van der Waals surface area contributed by atoms with E-state index in [-0.39, 0.29) is 11.7 Å². The molecule has 2 aliphatic rings. The maximum Gasteiger partial charge on any atom is 0.220 e. The van der Waals surface area contributed by atoms with Crippen LogP contribution in [-0.4, -0.2) is 61.0 Å². The maximum atomic E-state index is 12.9. The molecule has 3 rings (SSSR count). The van der Waals surface area contributed by atoms with Gasteiger partial charge >= 0.3 is 0 Å². The zero-order valence-corrected chi connectivity index (χ0v) is 15.9. The fraction of sp³-hybridized carbons (Fsp3) is 0.667. The maximum absolute atomic E-state index is 12.9. The lowest BCUT2D eigenvalue weighted by atomic mass is 9.98. The Kier molecular flexibility index (Phi) is 7.03. The molecule has 2 aliphatic heterocycles. The molecule has 0 radical (unpaired) electrons. The van der Waals surface area contributed by atoms with Crippen molar-refractivity contribution in [2.24, 2.45) is 0 Å². The molecule has 144 valence electrons. The molecular weight excluding hydrogens is 329 g/mol. The molecule has 4 nitrogen and oxygen atoms in total. The molecule has 0 spiro atoms. The van der Waals surface area contributed by atoms with Crippen molar-refractivity contribution in [3.8, 4) is 0 Å². The number of rotatable bonds is 6. The molecule has 2 heterocycles. The average Bonchev–Trinajstić information content (AvgIpc) is 2.64. The van der Waals surface area contributed by atoms with Crippen LogP contribution >= 0.6 is 0 Å². The molecule has 2 fully saturated rings. The summed E-state index contributed by atoms with van der Waals surface area (Å²) >= 11 is 0. The van der Waals surface area contributed by atoms with E-state index in [0.29, 0.717) is 18.5 Å². The normalized spacial score (nSPS) is 23.1. The highest BCUT2D eigenvalue weighted by molar-refractivity contribution is 5.76. The standard InChI is InChI=1S/C21H32FN3O/c1-24-14-11-20(12-15-24)25-13-3-5-19(16-25)23-21(26)6-2-4-17-7-9-18(22)10-8-17/h7-10,19-20H,2-6,11-16H2,1H3,(H,23,26)/t19-/m1/s1. The smallest absolute Gasteiger partial charge is 0.220 e. The van der Waals surface area contributed by atoms with E-state index in [1.807, 2.05) is 0 Å². The molecule has 1 N–H and O–H groups in total. The first-order chi connectivity index (χ1) is 12.6. The fourth-order valence-electron chi connectivity index (χ4n) is 4.22.